The SMILES string of the molecule is CCC(C)OC(C)C(C)OC(C)CC. The Balaban J connectivity index is 3.80. The molecule has 0 aliphatic carbocycles. The van der Waals surface area contributed by atoms with Crippen LogP contribution in [0.4, 0.5) is 0 Å². The van der Waals surface area contributed by atoms with Crippen LogP contribution >= 0.6 is 0 Å². The molecule has 4 atom stereocenters. The molecule has 0 spiro atoms. The molecule has 0 amide bonds. The maximum absolute atomic E-state index is 5.78. The third-order valence-corrected chi connectivity index (χ3v) is 2.70. The fourth-order valence-electron chi connectivity index (χ4n) is 1.15. The third kappa shape index (κ3) is 5.61. The zero-order chi connectivity index (χ0) is 11.1. The van der Waals surface area contributed by atoms with Crippen LogP contribution in [0.1, 0.15) is 54.4 Å². The second-order valence-corrected chi connectivity index (χ2v) is 4.12. The van der Waals surface area contributed by atoms with Crippen LogP contribution in [-0.2, 0) is 9.47 Å². The van der Waals surface area contributed by atoms with Crippen molar-refractivity contribution in [2.45, 2.75) is 78.8 Å². The lowest BCUT2D eigenvalue weighted by Crippen LogP contribution is -2.31. The van der Waals surface area contributed by atoms with E-state index in [-0.39, 0.29) is 12.2 Å². The quantitative estimate of drug-likeness (QED) is 0.630. The molecule has 0 N–H and O–H groups in total. The lowest BCUT2D eigenvalue weighted by Gasteiger charge is -2.26. The Kier molecular flexibility index (Phi) is 7.20. The van der Waals surface area contributed by atoms with Crippen molar-refractivity contribution in [1.82, 2.24) is 0 Å². The highest BCUT2D eigenvalue weighted by atomic mass is 16.5. The lowest BCUT2D eigenvalue weighted by molar-refractivity contribution is -0.103. The molecule has 0 heterocycles. The molecule has 0 aromatic heterocycles. The summed E-state index contributed by atoms with van der Waals surface area (Å²) in [7, 11) is 0. The zero-order valence-corrected chi connectivity index (χ0v) is 10.5. The first-order chi connectivity index (χ1) is 6.51. The first-order valence-corrected chi connectivity index (χ1v) is 5.82. The molecule has 0 fully saturated rings. The van der Waals surface area contributed by atoms with Gasteiger partial charge in [0.15, 0.2) is 0 Å². The highest BCUT2D eigenvalue weighted by molar-refractivity contribution is 4.64. The molecule has 2 heteroatoms. The summed E-state index contributed by atoms with van der Waals surface area (Å²) in [6, 6.07) is 0. The Hall–Kier alpha value is -0.0800. The van der Waals surface area contributed by atoms with E-state index < -0.39 is 0 Å². The molecule has 0 aromatic carbocycles. The maximum Gasteiger partial charge on any atom is 0.0809 e. The topological polar surface area (TPSA) is 18.5 Å². The second-order valence-electron chi connectivity index (χ2n) is 4.12. The summed E-state index contributed by atoms with van der Waals surface area (Å²) in [6.07, 6.45) is 3.12. The van der Waals surface area contributed by atoms with E-state index in [1.54, 1.807) is 0 Å². The Labute approximate surface area is 89.0 Å². The van der Waals surface area contributed by atoms with Crippen molar-refractivity contribution < 1.29 is 9.47 Å². The average molecular weight is 202 g/mol. The predicted molar refractivity (Wildman–Crippen MR) is 60.6 cm³/mol. The molecule has 0 aliphatic rings. The monoisotopic (exact) mass is 202 g/mol. The van der Waals surface area contributed by atoms with Gasteiger partial charge < -0.3 is 9.47 Å². The van der Waals surface area contributed by atoms with Gasteiger partial charge in [-0.05, 0) is 40.5 Å². The van der Waals surface area contributed by atoms with Crippen LogP contribution in [0.5, 0.6) is 0 Å². The van der Waals surface area contributed by atoms with Crippen LogP contribution < -0.4 is 0 Å². The van der Waals surface area contributed by atoms with E-state index in [4.69, 9.17) is 9.47 Å². The Morgan fingerprint density at radius 1 is 0.714 bits per heavy atom. The van der Waals surface area contributed by atoms with Crippen LogP contribution in [0.2, 0.25) is 0 Å². The van der Waals surface area contributed by atoms with E-state index in [1.165, 1.54) is 0 Å². The van der Waals surface area contributed by atoms with E-state index >= 15 is 0 Å². The van der Waals surface area contributed by atoms with Crippen molar-refractivity contribution in [1.29, 1.82) is 0 Å². The van der Waals surface area contributed by atoms with Crippen molar-refractivity contribution >= 4 is 0 Å². The van der Waals surface area contributed by atoms with Crippen LogP contribution in [-0.4, -0.2) is 24.4 Å². The van der Waals surface area contributed by atoms with Gasteiger partial charge in [0.25, 0.3) is 0 Å². The standard InChI is InChI=1S/C12H26O2/c1-7-9(3)13-11(5)12(6)14-10(4)8-2/h9-12H,7-8H2,1-6H3. The van der Waals surface area contributed by atoms with Crippen molar-refractivity contribution in [2.75, 3.05) is 0 Å². The number of ether oxygens (including phenoxy) is 2. The van der Waals surface area contributed by atoms with Gasteiger partial charge in [-0.2, -0.15) is 0 Å². The van der Waals surface area contributed by atoms with Crippen molar-refractivity contribution in [3.05, 3.63) is 0 Å². The molecule has 0 aliphatic heterocycles. The molecule has 0 aromatic rings. The molecular formula is C12H26O2. The van der Waals surface area contributed by atoms with Crippen molar-refractivity contribution in [3.63, 3.8) is 0 Å². The van der Waals surface area contributed by atoms with Crippen molar-refractivity contribution in [2.24, 2.45) is 0 Å². The van der Waals surface area contributed by atoms with Crippen molar-refractivity contribution in [3.8, 4) is 0 Å². The fourth-order valence-corrected chi connectivity index (χ4v) is 1.15. The van der Waals surface area contributed by atoms with Crippen LogP contribution in [0, 0.1) is 0 Å². The summed E-state index contributed by atoms with van der Waals surface area (Å²) >= 11 is 0. The van der Waals surface area contributed by atoms with E-state index in [0.29, 0.717) is 12.2 Å². The molecule has 0 saturated carbocycles. The summed E-state index contributed by atoms with van der Waals surface area (Å²) in [5.41, 5.74) is 0. The Morgan fingerprint density at radius 3 is 1.21 bits per heavy atom. The minimum atomic E-state index is 0.180. The molecular weight excluding hydrogens is 176 g/mol. The molecule has 86 valence electrons. The Bertz CT molecular complexity index is 120. The van der Waals surface area contributed by atoms with E-state index in [1.807, 2.05) is 0 Å². The summed E-state index contributed by atoms with van der Waals surface area (Å²) in [5.74, 6) is 0. The normalized spacial score (nSPS) is 20.1. The highest BCUT2D eigenvalue weighted by Crippen LogP contribution is 2.11. The average Bonchev–Trinajstić information content (AvgIpc) is 2.17. The first kappa shape index (κ1) is 13.9. The maximum atomic E-state index is 5.78. The largest absolute Gasteiger partial charge is 0.373 e. The van der Waals surface area contributed by atoms with Gasteiger partial charge in [-0.3, -0.25) is 0 Å². The zero-order valence-electron chi connectivity index (χ0n) is 10.5. The van der Waals surface area contributed by atoms with Crippen LogP contribution in [0.3, 0.4) is 0 Å². The van der Waals surface area contributed by atoms with E-state index in [9.17, 15) is 0 Å². The number of hydrogen-bond acceptors (Lipinski definition) is 2. The summed E-state index contributed by atoms with van der Waals surface area (Å²) in [4.78, 5) is 0. The highest BCUT2D eigenvalue weighted by Gasteiger charge is 2.17. The minimum Gasteiger partial charge on any atom is -0.373 e. The Morgan fingerprint density at radius 2 is 1.00 bits per heavy atom. The molecule has 0 bridgehead atoms. The van der Waals surface area contributed by atoms with Gasteiger partial charge in [0.05, 0.1) is 24.4 Å². The minimum absolute atomic E-state index is 0.180. The van der Waals surface area contributed by atoms with Gasteiger partial charge in [-0.15, -0.1) is 0 Å². The molecule has 0 rings (SSSR count). The van der Waals surface area contributed by atoms with Crippen LogP contribution in [0.15, 0.2) is 0 Å². The second kappa shape index (κ2) is 7.24. The molecule has 2 nitrogen and oxygen atoms in total. The first-order valence-electron chi connectivity index (χ1n) is 5.82. The van der Waals surface area contributed by atoms with Gasteiger partial charge in [-0.1, -0.05) is 13.8 Å². The van der Waals surface area contributed by atoms with Gasteiger partial charge in [-0.25, -0.2) is 0 Å². The van der Waals surface area contributed by atoms with Gasteiger partial charge >= 0.3 is 0 Å². The van der Waals surface area contributed by atoms with E-state index in [2.05, 4.69) is 41.5 Å². The third-order valence-electron chi connectivity index (χ3n) is 2.70. The smallest absolute Gasteiger partial charge is 0.0809 e. The van der Waals surface area contributed by atoms with Gasteiger partial charge in [0.2, 0.25) is 0 Å². The number of hydrogen-bond donors (Lipinski definition) is 0. The summed E-state index contributed by atoms with van der Waals surface area (Å²) in [5, 5.41) is 0. The molecule has 4 unspecified atom stereocenters. The molecule has 0 saturated heterocycles. The fraction of sp³-hybridized carbons (Fsp3) is 1.00. The van der Waals surface area contributed by atoms with Gasteiger partial charge in [0.1, 0.15) is 0 Å². The summed E-state index contributed by atoms with van der Waals surface area (Å²) in [6.45, 7) is 12.6. The van der Waals surface area contributed by atoms with E-state index in [0.717, 1.165) is 12.8 Å². The van der Waals surface area contributed by atoms with Crippen LogP contribution in [0.25, 0.3) is 0 Å². The summed E-state index contributed by atoms with van der Waals surface area (Å²) < 4.78 is 11.6. The predicted octanol–water partition coefficient (Wildman–Crippen LogP) is 3.39. The van der Waals surface area contributed by atoms with Gasteiger partial charge in [0, 0.05) is 0 Å². The molecule has 14 heavy (non-hydrogen) atoms. The molecule has 0 radical (unpaired) electrons. The number of rotatable bonds is 7. The lowest BCUT2D eigenvalue weighted by atomic mass is 10.2.